The number of benzene rings is 1. The van der Waals surface area contributed by atoms with E-state index in [0.717, 1.165) is 11.4 Å². The zero-order valence-electron chi connectivity index (χ0n) is 18.5. The average Bonchev–Trinajstić information content (AvgIpc) is 3.56. The lowest BCUT2D eigenvalue weighted by Gasteiger charge is -2.10. The van der Waals surface area contributed by atoms with E-state index in [9.17, 15) is 9.59 Å². The van der Waals surface area contributed by atoms with Crippen molar-refractivity contribution in [1.29, 1.82) is 0 Å². The van der Waals surface area contributed by atoms with Crippen LogP contribution in [-0.2, 0) is 17.9 Å². The van der Waals surface area contributed by atoms with Gasteiger partial charge in [-0.05, 0) is 62.4 Å². The maximum Gasteiger partial charge on any atom is 0.280 e. The molecule has 0 aliphatic heterocycles. The van der Waals surface area contributed by atoms with Gasteiger partial charge in [-0.25, -0.2) is 9.36 Å². The topological polar surface area (TPSA) is 99.9 Å². The highest BCUT2D eigenvalue weighted by atomic mass is 35.5. The predicted octanol–water partition coefficient (Wildman–Crippen LogP) is 3.55. The Morgan fingerprint density at radius 2 is 1.79 bits per heavy atom. The van der Waals surface area contributed by atoms with Crippen molar-refractivity contribution >= 4 is 28.4 Å². The minimum Gasteiger partial charge on any atom is -0.465 e. The summed E-state index contributed by atoms with van der Waals surface area (Å²) >= 11 is 6.06. The van der Waals surface area contributed by atoms with Gasteiger partial charge in [0.1, 0.15) is 29.0 Å². The Hall–Kier alpha value is -4.11. The molecule has 0 saturated carbocycles. The summed E-state index contributed by atoms with van der Waals surface area (Å²) in [7, 11) is 0. The van der Waals surface area contributed by atoms with Gasteiger partial charge in [-0.3, -0.25) is 9.59 Å². The monoisotopic (exact) mass is 476 g/mol. The molecular formula is C24H21ClN6O3. The minimum atomic E-state index is -0.409. The van der Waals surface area contributed by atoms with Crippen LogP contribution in [0.4, 0.5) is 0 Å². The lowest BCUT2D eigenvalue weighted by atomic mass is 10.2. The molecule has 0 atom stereocenters. The largest absolute Gasteiger partial charge is 0.465 e. The maximum absolute atomic E-state index is 13.5. The third-order valence-corrected chi connectivity index (χ3v) is 5.64. The number of amides is 1. The first-order valence-corrected chi connectivity index (χ1v) is 11.0. The molecule has 4 aromatic heterocycles. The SMILES string of the molecule is Cc1ccc(CNC(=O)Cn2nc(C)c3nn(-c4ccc(Cl)cc4)c(-n4cccc4)c3c2=O)o1. The summed E-state index contributed by atoms with van der Waals surface area (Å²) in [6.07, 6.45) is 3.67. The summed E-state index contributed by atoms with van der Waals surface area (Å²) in [5.41, 5.74) is 1.33. The van der Waals surface area contributed by atoms with E-state index in [4.69, 9.17) is 21.1 Å². The second-order valence-electron chi connectivity index (χ2n) is 7.86. The van der Waals surface area contributed by atoms with Gasteiger partial charge in [0.05, 0.1) is 17.9 Å². The number of hydrogen-bond acceptors (Lipinski definition) is 5. The van der Waals surface area contributed by atoms with Crippen molar-refractivity contribution in [3.05, 3.63) is 93.5 Å². The Kier molecular flexibility index (Phi) is 5.54. The summed E-state index contributed by atoms with van der Waals surface area (Å²) in [6.45, 7) is 3.60. The molecule has 0 radical (unpaired) electrons. The Morgan fingerprint density at radius 3 is 2.47 bits per heavy atom. The van der Waals surface area contributed by atoms with Gasteiger partial charge < -0.3 is 14.3 Å². The zero-order chi connectivity index (χ0) is 23.8. The number of furan rings is 1. The van der Waals surface area contributed by atoms with E-state index < -0.39 is 5.56 Å². The first kappa shape index (κ1) is 21.7. The highest BCUT2D eigenvalue weighted by Crippen LogP contribution is 2.25. The van der Waals surface area contributed by atoms with Gasteiger partial charge in [-0.2, -0.15) is 10.2 Å². The van der Waals surface area contributed by atoms with Crippen LogP contribution in [0.25, 0.3) is 22.4 Å². The summed E-state index contributed by atoms with van der Waals surface area (Å²) < 4.78 is 10.1. The molecule has 0 saturated heterocycles. The first-order chi connectivity index (χ1) is 16.4. The van der Waals surface area contributed by atoms with Crippen LogP contribution < -0.4 is 10.9 Å². The van der Waals surface area contributed by atoms with E-state index in [1.807, 2.05) is 54.2 Å². The Labute approximate surface area is 199 Å². The molecule has 172 valence electrons. The van der Waals surface area contributed by atoms with Crippen LogP contribution in [-0.4, -0.2) is 30.0 Å². The van der Waals surface area contributed by atoms with Crippen LogP contribution in [0.3, 0.4) is 0 Å². The number of aromatic nitrogens is 5. The van der Waals surface area contributed by atoms with Gasteiger partial charge in [0.25, 0.3) is 5.56 Å². The van der Waals surface area contributed by atoms with Crippen molar-refractivity contribution < 1.29 is 9.21 Å². The van der Waals surface area contributed by atoms with Crippen LogP contribution in [0.2, 0.25) is 5.02 Å². The maximum atomic E-state index is 13.5. The van der Waals surface area contributed by atoms with Crippen LogP contribution in [0.5, 0.6) is 0 Å². The molecule has 5 aromatic rings. The molecule has 0 aliphatic carbocycles. The molecule has 9 nitrogen and oxygen atoms in total. The first-order valence-electron chi connectivity index (χ1n) is 10.6. The number of nitrogens with zero attached hydrogens (tertiary/aromatic N) is 5. The fourth-order valence-electron chi connectivity index (χ4n) is 3.80. The van der Waals surface area contributed by atoms with E-state index in [0.29, 0.717) is 33.2 Å². The summed E-state index contributed by atoms with van der Waals surface area (Å²) in [5.74, 6) is 1.60. The number of nitrogens with one attached hydrogen (secondary N) is 1. The van der Waals surface area contributed by atoms with Crippen molar-refractivity contribution in [1.82, 2.24) is 29.4 Å². The van der Waals surface area contributed by atoms with Crippen molar-refractivity contribution in [2.75, 3.05) is 0 Å². The molecular weight excluding hydrogens is 456 g/mol. The molecule has 0 aliphatic rings. The number of fused-ring (bicyclic) bond motifs is 1. The summed E-state index contributed by atoms with van der Waals surface area (Å²) in [5, 5.41) is 12.8. The molecule has 5 rings (SSSR count). The van der Waals surface area contributed by atoms with E-state index in [1.54, 1.807) is 29.8 Å². The number of carbonyl (C=O) groups is 1. The van der Waals surface area contributed by atoms with Crippen molar-refractivity contribution in [3.8, 4) is 11.5 Å². The summed E-state index contributed by atoms with van der Waals surface area (Å²) in [4.78, 5) is 26.1. The smallest absolute Gasteiger partial charge is 0.280 e. The molecule has 10 heteroatoms. The average molecular weight is 477 g/mol. The van der Waals surface area contributed by atoms with Gasteiger partial charge >= 0.3 is 0 Å². The normalized spacial score (nSPS) is 11.3. The Bertz CT molecular complexity index is 1540. The molecule has 0 bridgehead atoms. The fourth-order valence-corrected chi connectivity index (χ4v) is 3.93. The number of halogens is 1. The third kappa shape index (κ3) is 4.01. The third-order valence-electron chi connectivity index (χ3n) is 5.39. The quantitative estimate of drug-likeness (QED) is 0.404. The number of carbonyl (C=O) groups excluding carboxylic acids is 1. The fraction of sp³-hybridized carbons (Fsp3) is 0.167. The van der Waals surface area contributed by atoms with Crippen LogP contribution in [0.15, 0.2) is 70.1 Å². The number of rotatable bonds is 6. The summed E-state index contributed by atoms with van der Waals surface area (Å²) in [6, 6.07) is 14.5. The van der Waals surface area contributed by atoms with E-state index in [1.165, 1.54) is 4.68 Å². The van der Waals surface area contributed by atoms with E-state index in [-0.39, 0.29) is 19.0 Å². The van der Waals surface area contributed by atoms with Crippen LogP contribution in [0.1, 0.15) is 17.2 Å². The van der Waals surface area contributed by atoms with Gasteiger partial charge in [0, 0.05) is 17.4 Å². The van der Waals surface area contributed by atoms with Gasteiger partial charge in [-0.15, -0.1) is 0 Å². The highest BCUT2D eigenvalue weighted by Gasteiger charge is 2.22. The van der Waals surface area contributed by atoms with Gasteiger partial charge in [-0.1, -0.05) is 11.6 Å². The molecule has 1 N–H and O–H groups in total. The second kappa shape index (κ2) is 8.68. The minimum absolute atomic E-state index is 0.228. The molecule has 0 fully saturated rings. The van der Waals surface area contributed by atoms with Crippen molar-refractivity contribution in [3.63, 3.8) is 0 Å². The molecule has 1 aromatic carbocycles. The van der Waals surface area contributed by atoms with Crippen LogP contribution >= 0.6 is 11.6 Å². The lowest BCUT2D eigenvalue weighted by molar-refractivity contribution is -0.122. The van der Waals surface area contributed by atoms with Crippen LogP contribution in [0, 0.1) is 13.8 Å². The highest BCUT2D eigenvalue weighted by molar-refractivity contribution is 6.30. The molecule has 0 spiro atoms. The van der Waals surface area contributed by atoms with Gasteiger partial charge in [0.15, 0.2) is 5.82 Å². The molecule has 34 heavy (non-hydrogen) atoms. The van der Waals surface area contributed by atoms with Gasteiger partial charge in [0.2, 0.25) is 5.91 Å². The predicted molar refractivity (Wildman–Crippen MR) is 127 cm³/mol. The second-order valence-corrected chi connectivity index (χ2v) is 8.30. The van der Waals surface area contributed by atoms with E-state index in [2.05, 4.69) is 10.4 Å². The van der Waals surface area contributed by atoms with Crippen molar-refractivity contribution in [2.24, 2.45) is 0 Å². The molecule has 1 amide bonds. The Balaban J connectivity index is 1.57. The van der Waals surface area contributed by atoms with E-state index >= 15 is 0 Å². The standard InChI is InChI=1S/C24H21ClN6O3/c1-15-5-10-19(34-15)13-26-20(32)14-30-24(33)21-22(16(2)27-30)28-31(18-8-6-17(25)7-9-18)23(21)29-11-3-4-12-29/h3-12H,13-14H2,1-2H3,(H,26,32). The number of aryl methyl sites for hydroxylation is 2. The zero-order valence-corrected chi connectivity index (χ0v) is 19.3. The lowest BCUT2D eigenvalue weighted by Crippen LogP contribution is -2.34. The number of hydrogen-bond donors (Lipinski definition) is 1. The van der Waals surface area contributed by atoms with Crippen molar-refractivity contribution in [2.45, 2.75) is 26.9 Å². The molecule has 0 unspecified atom stereocenters. The Morgan fingerprint density at radius 1 is 1.06 bits per heavy atom. The molecule has 4 heterocycles.